The summed E-state index contributed by atoms with van der Waals surface area (Å²) in [7, 11) is 0. The predicted octanol–water partition coefficient (Wildman–Crippen LogP) is 3.52. The molecule has 1 amide bonds. The molecule has 2 aliphatic heterocycles. The maximum absolute atomic E-state index is 13.5. The second kappa shape index (κ2) is 7.97. The highest BCUT2D eigenvalue weighted by Gasteiger charge is 2.47. The van der Waals surface area contributed by atoms with Gasteiger partial charge >= 0.3 is 0 Å². The molecule has 2 fully saturated rings. The molecule has 1 aromatic heterocycles. The average molecular weight is 386 g/mol. The predicted molar refractivity (Wildman–Crippen MR) is 106 cm³/mol. The van der Waals surface area contributed by atoms with Gasteiger partial charge in [0.15, 0.2) is 5.60 Å². The molecule has 3 heterocycles. The van der Waals surface area contributed by atoms with Gasteiger partial charge in [0.1, 0.15) is 0 Å². The molecular formula is C21H24ClN3O2. The molecule has 0 saturated carbocycles. The van der Waals surface area contributed by atoms with Crippen LogP contribution in [-0.2, 0) is 16.1 Å². The number of carbonyl (C=O) groups excluding carboxylic acids is 1. The number of halogens is 1. The summed E-state index contributed by atoms with van der Waals surface area (Å²) in [6, 6.07) is 13.7. The Kier molecular flexibility index (Phi) is 5.43. The van der Waals surface area contributed by atoms with Crippen molar-refractivity contribution >= 4 is 23.2 Å². The van der Waals surface area contributed by atoms with Crippen molar-refractivity contribution in [3.05, 3.63) is 59.4 Å². The number of carbonyl (C=O) groups is 1. The third kappa shape index (κ3) is 4.00. The van der Waals surface area contributed by atoms with Crippen LogP contribution in [0.5, 0.6) is 0 Å². The molecular weight excluding hydrogens is 362 g/mol. The van der Waals surface area contributed by atoms with Crippen LogP contribution in [0.25, 0.3) is 0 Å². The molecule has 1 aromatic carbocycles. The fraction of sp³-hybridized carbons (Fsp3) is 0.429. The van der Waals surface area contributed by atoms with Gasteiger partial charge < -0.3 is 9.64 Å². The van der Waals surface area contributed by atoms with E-state index < -0.39 is 5.60 Å². The van der Waals surface area contributed by atoms with Crippen LogP contribution in [0.4, 0.5) is 5.69 Å². The number of para-hydroxylation sites is 1. The summed E-state index contributed by atoms with van der Waals surface area (Å²) in [6.45, 7) is 3.39. The van der Waals surface area contributed by atoms with Crippen molar-refractivity contribution in [2.75, 3.05) is 31.1 Å². The summed E-state index contributed by atoms with van der Waals surface area (Å²) in [4.78, 5) is 22.1. The van der Waals surface area contributed by atoms with Crippen molar-refractivity contribution in [1.82, 2.24) is 9.88 Å². The minimum absolute atomic E-state index is 0.0833. The molecule has 0 bridgehead atoms. The quantitative estimate of drug-likeness (QED) is 0.810. The van der Waals surface area contributed by atoms with E-state index in [1.807, 2.05) is 47.4 Å². The molecule has 1 spiro atoms. The van der Waals surface area contributed by atoms with Crippen LogP contribution in [0.3, 0.4) is 0 Å². The van der Waals surface area contributed by atoms with Crippen molar-refractivity contribution in [2.24, 2.45) is 0 Å². The zero-order chi connectivity index (χ0) is 18.7. The molecule has 4 rings (SSSR count). The van der Waals surface area contributed by atoms with Gasteiger partial charge in [0, 0.05) is 38.1 Å². The number of aromatic nitrogens is 1. The topological polar surface area (TPSA) is 45.7 Å². The maximum Gasteiger partial charge on any atom is 0.260 e. The number of hydrogen-bond acceptors (Lipinski definition) is 4. The van der Waals surface area contributed by atoms with Crippen molar-refractivity contribution in [1.29, 1.82) is 0 Å². The Balaban J connectivity index is 1.54. The van der Waals surface area contributed by atoms with Gasteiger partial charge in [-0.25, -0.2) is 0 Å². The van der Waals surface area contributed by atoms with E-state index in [-0.39, 0.29) is 5.91 Å². The van der Waals surface area contributed by atoms with E-state index in [2.05, 4.69) is 9.88 Å². The molecule has 142 valence electrons. The number of nitrogens with zero attached hydrogens (tertiary/aromatic N) is 3. The number of ether oxygens (including phenoxy) is 1. The first-order valence-electron chi connectivity index (χ1n) is 9.50. The Bertz CT molecular complexity index is 784. The van der Waals surface area contributed by atoms with Gasteiger partial charge in [0.2, 0.25) is 0 Å². The first-order chi connectivity index (χ1) is 13.2. The Morgan fingerprint density at radius 3 is 2.74 bits per heavy atom. The smallest absolute Gasteiger partial charge is 0.260 e. The molecule has 0 N–H and O–H groups in total. The summed E-state index contributed by atoms with van der Waals surface area (Å²) in [5.41, 5.74) is 1.14. The first kappa shape index (κ1) is 18.4. The third-order valence-electron chi connectivity index (χ3n) is 5.35. The average Bonchev–Trinajstić information content (AvgIpc) is 2.84. The van der Waals surface area contributed by atoms with E-state index in [0.29, 0.717) is 24.7 Å². The van der Waals surface area contributed by atoms with Crippen LogP contribution < -0.4 is 4.90 Å². The maximum atomic E-state index is 13.5. The van der Waals surface area contributed by atoms with Crippen LogP contribution >= 0.6 is 11.6 Å². The molecule has 2 aliphatic rings. The molecule has 0 aliphatic carbocycles. The zero-order valence-electron chi connectivity index (χ0n) is 15.3. The number of pyridine rings is 1. The van der Waals surface area contributed by atoms with Gasteiger partial charge in [-0.05, 0) is 43.5 Å². The monoisotopic (exact) mass is 385 g/mol. The lowest BCUT2D eigenvalue weighted by atomic mass is 9.94. The standard InChI is InChI=1S/C21H24ClN3O2/c22-17-8-9-18(23-14-17)15-24-12-13-27-21(16-24)10-4-5-11-25(20(21)26)19-6-2-1-3-7-19/h1-3,6-9,14H,4-5,10-13,15-16H2. The van der Waals surface area contributed by atoms with Gasteiger partial charge in [-0.3, -0.25) is 14.7 Å². The Morgan fingerprint density at radius 1 is 1.11 bits per heavy atom. The Morgan fingerprint density at radius 2 is 1.96 bits per heavy atom. The van der Waals surface area contributed by atoms with E-state index in [1.54, 1.807) is 6.20 Å². The molecule has 2 aromatic rings. The van der Waals surface area contributed by atoms with E-state index in [9.17, 15) is 4.79 Å². The summed E-state index contributed by atoms with van der Waals surface area (Å²) >= 11 is 5.94. The fourth-order valence-corrected chi connectivity index (χ4v) is 4.10. The zero-order valence-corrected chi connectivity index (χ0v) is 16.1. The van der Waals surface area contributed by atoms with Crippen molar-refractivity contribution in [3.8, 4) is 0 Å². The van der Waals surface area contributed by atoms with Gasteiger partial charge in [0.25, 0.3) is 5.91 Å². The number of morpholine rings is 1. The van der Waals surface area contributed by atoms with Gasteiger partial charge in [-0.2, -0.15) is 0 Å². The third-order valence-corrected chi connectivity index (χ3v) is 5.58. The van der Waals surface area contributed by atoms with Crippen molar-refractivity contribution in [3.63, 3.8) is 0 Å². The molecule has 2 saturated heterocycles. The normalized spacial score (nSPS) is 24.2. The van der Waals surface area contributed by atoms with Crippen LogP contribution in [0.1, 0.15) is 25.0 Å². The molecule has 0 radical (unpaired) electrons. The minimum atomic E-state index is -0.767. The highest BCUT2D eigenvalue weighted by Crippen LogP contribution is 2.32. The molecule has 1 unspecified atom stereocenters. The highest BCUT2D eigenvalue weighted by atomic mass is 35.5. The largest absolute Gasteiger partial charge is 0.362 e. The van der Waals surface area contributed by atoms with Gasteiger partial charge in [0.05, 0.1) is 17.3 Å². The lowest BCUT2D eigenvalue weighted by molar-refractivity contribution is -0.158. The van der Waals surface area contributed by atoms with Crippen molar-refractivity contribution in [2.45, 2.75) is 31.4 Å². The lowest BCUT2D eigenvalue weighted by Crippen LogP contribution is -2.59. The van der Waals surface area contributed by atoms with E-state index in [0.717, 1.165) is 43.7 Å². The second-order valence-corrected chi connectivity index (χ2v) is 7.71. The van der Waals surface area contributed by atoms with E-state index >= 15 is 0 Å². The van der Waals surface area contributed by atoms with Crippen LogP contribution in [0.2, 0.25) is 5.02 Å². The highest BCUT2D eigenvalue weighted by molar-refractivity contribution is 6.30. The number of amides is 1. The Hall–Kier alpha value is -1.95. The summed E-state index contributed by atoms with van der Waals surface area (Å²) in [5.74, 6) is 0.0833. The first-order valence-corrected chi connectivity index (χ1v) is 9.88. The summed E-state index contributed by atoms with van der Waals surface area (Å²) in [5, 5.41) is 0.634. The number of benzene rings is 1. The Labute approximate surface area is 164 Å². The SMILES string of the molecule is O=C1N(c2ccccc2)CCCCC12CN(Cc1ccc(Cl)cn1)CCO2. The van der Waals surface area contributed by atoms with Crippen LogP contribution in [-0.4, -0.2) is 47.6 Å². The number of anilines is 1. The van der Waals surface area contributed by atoms with Crippen LogP contribution in [0, 0.1) is 0 Å². The van der Waals surface area contributed by atoms with Gasteiger partial charge in [-0.15, -0.1) is 0 Å². The summed E-state index contributed by atoms with van der Waals surface area (Å²) in [6.07, 6.45) is 4.41. The van der Waals surface area contributed by atoms with Gasteiger partial charge in [-0.1, -0.05) is 29.8 Å². The van der Waals surface area contributed by atoms with E-state index in [4.69, 9.17) is 16.3 Å². The fourth-order valence-electron chi connectivity index (χ4n) is 3.99. The summed E-state index contributed by atoms with van der Waals surface area (Å²) < 4.78 is 6.16. The van der Waals surface area contributed by atoms with E-state index in [1.165, 1.54) is 0 Å². The van der Waals surface area contributed by atoms with Crippen LogP contribution in [0.15, 0.2) is 48.7 Å². The second-order valence-electron chi connectivity index (χ2n) is 7.27. The lowest BCUT2D eigenvalue weighted by Gasteiger charge is -2.42. The number of hydrogen-bond donors (Lipinski definition) is 0. The van der Waals surface area contributed by atoms with Crippen molar-refractivity contribution < 1.29 is 9.53 Å². The molecule has 27 heavy (non-hydrogen) atoms. The molecule has 6 heteroatoms. The number of rotatable bonds is 3. The molecule has 5 nitrogen and oxygen atoms in total. The minimum Gasteiger partial charge on any atom is -0.362 e. The molecule has 1 atom stereocenters.